The highest BCUT2D eigenvalue weighted by molar-refractivity contribution is 5.81. The summed E-state index contributed by atoms with van der Waals surface area (Å²) in [6, 6.07) is 7.30. The van der Waals surface area contributed by atoms with E-state index in [9.17, 15) is 4.39 Å². The Morgan fingerprint density at radius 1 is 1.17 bits per heavy atom. The molecule has 1 fully saturated rings. The molecule has 1 saturated heterocycles. The van der Waals surface area contributed by atoms with Crippen LogP contribution in [-0.2, 0) is 13.6 Å². The van der Waals surface area contributed by atoms with Gasteiger partial charge in [-0.3, -0.25) is 4.90 Å². The summed E-state index contributed by atoms with van der Waals surface area (Å²) in [6.45, 7) is 3.28. The van der Waals surface area contributed by atoms with Crippen molar-refractivity contribution in [1.29, 1.82) is 0 Å². The summed E-state index contributed by atoms with van der Waals surface area (Å²) < 4.78 is 15.8. The summed E-state index contributed by atoms with van der Waals surface area (Å²) in [4.78, 5) is 2.47. The van der Waals surface area contributed by atoms with Gasteiger partial charge in [0.25, 0.3) is 0 Å². The van der Waals surface area contributed by atoms with E-state index in [1.807, 2.05) is 19.2 Å². The first-order valence-electron chi connectivity index (χ1n) is 6.71. The van der Waals surface area contributed by atoms with Crippen LogP contribution in [0.15, 0.2) is 24.3 Å². The van der Waals surface area contributed by atoms with E-state index in [2.05, 4.69) is 9.47 Å². The number of benzene rings is 1. The van der Waals surface area contributed by atoms with Gasteiger partial charge in [0.2, 0.25) is 0 Å². The van der Waals surface area contributed by atoms with Crippen molar-refractivity contribution in [2.24, 2.45) is 7.05 Å². The van der Waals surface area contributed by atoms with Crippen molar-refractivity contribution >= 4 is 10.9 Å². The number of aryl methyl sites for hydroxylation is 1. The highest BCUT2D eigenvalue weighted by Gasteiger charge is 2.14. The molecule has 1 aromatic heterocycles. The maximum atomic E-state index is 13.7. The van der Waals surface area contributed by atoms with Crippen LogP contribution >= 0.6 is 0 Å². The molecule has 1 aliphatic heterocycles. The molecule has 0 N–H and O–H groups in total. The largest absolute Gasteiger partial charge is 0.346 e. The monoisotopic (exact) mass is 246 g/mol. The topological polar surface area (TPSA) is 8.17 Å². The first-order chi connectivity index (χ1) is 8.75. The molecule has 0 atom stereocenters. The Bertz CT molecular complexity index is 553. The van der Waals surface area contributed by atoms with Gasteiger partial charge in [0.1, 0.15) is 5.82 Å². The predicted molar refractivity (Wildman–Crippen MR) is 72.0 cm³/mol. The van der Waals surface area contributed by atoms with Gasteiger partial charge in [-0.15, -0.1) is 0 Å². The second-order valence-corrected chi connectivity index (χ2v) is 5.20. The molecule has 0 bridgehead atoms. The van der Waals surface area contributed by atoms with Gasteiger partial charge in [0.05, 0.1) is 5.52 Å². The van der Waals surface area contributed by atoms with Crippen LogP contribution in [0.5, 0.6) is 0 Å². The number of halogens is 1. The predicted octanol–water partition coefficient (Wildman–Crippen LogP) is 3.30. The van der Waals surface area contributed by atoms with Gasteiger partial charge in [-0.1, -0.05) is 12.5 Å². The van der Waals surface area contributed by atoms with E-state index in [0.29, 0.717) is 0 Å². The summed E-state index contributed by atoms with van der Waals surface area (Å²) in [5.74, 6) is -0.118. The van der Waals surface area contributed by atoms with Gasteiger partial charge >= 0.3 is 0 Å². The van der Waals surface area contributed by atoms with Crippen molar-refractivity contribution < 1.29 is 4.39 Å². The molecule has 0 aliphatic carbocycles. The Morgan fingerprint density at radius 2 is 1.94 bits per heavy atom. The molecule has 0 unspecified atom stereocenters. The van der Waals surface area contributed by atoms with Gasteiger partial charge in [-0.25, -0.2) is 4.39 Å². The maximum absolute atomic E-state index is 13.7. The number of likely N-dealkylation sites (tertiary alicyclic amines) is 1. The van der Waals surface area contributed by atoms with Gasteiger partial charge in [0.15, 0.2) is 0 Å². The highest BCUT2D eigenvalue weighted by Crippen LogP contribution is 2.23. The Hall–Kier alpha value is -1.35. The van der Waals surface area contributed by atoms with Crippen molar-refractivity contribution in [1.82, 2.24) is 9.47 Å². The minimum Gasteiger partial charge on any atom is -0.346 e. The molecule has 96 valence electrons. The lowest BCUT2D eigenvalue weighted by atomic mass is 10.1. The number of piperidine rings is 1. The molecule has 18 heavy (non-hydrogen) atoms. The minimum absolute atomic E-state index is 0.118. The zero-order valence-corrected chi connectivity index (χ0v) is 10.8. The Balaban J connectivity index is 1.92. The molecule has 2 aromatic rings. The Kier molecular flexibility index (Phi) is 3.08. The number of hydrogen-bond acceptors (Lipinski definition) is 1. The van der Waals surface area contributed by atoms with E-state index in [4.69, 9.17) is 0 Å². The zero-order chi connectivity index (χ0) is 12.5. The molecule has 0 amide bonds. The van der Waals surface area contributed by atoms with Crippen LogP contribution in [0.2, 0.25) is 0 Å². The summed E-state index contributed by atoms with van der Waals surface area (Å²) in [7, 11) is 2.03. The van der Waals surface area contributed by atoms with Crippen LogP contribution in [0.4, 0.5) is 4.39 Å². The van der Waals surface area contributed by atoms with Crippen LogP contribution in [0.3, 0.4) is 0 Å². The number of hydrogen-bond donors (Lipinski definition) is 0. The molecule has 2 nitrogen and oxygen atoms in total. The maximum Gasteiger partial charge on any atom is 0.132 e. The van der Waals surface area contributed by atoms with Crippen molar-refractivity contribution in [3.8, 4) is 0 Å². The SMILES string of the molecule is Cn1c(CN2CCCCC2)cc2c(F)cccc21. The van der Waals surface area contributed by atoms with E-state index < -0.39 is 0 Å². The molecule has 0 radical (unpaired) electrons. The van der Waals surface area contributed by atoms with Gasteiger partial charge in [0, 0.05) is 24.7 Å². The fourth-order valence-corrected chi connectivity index (χ4v) is 2.88. The van der Waals surface area contributed by atoms with Crippen LogP contribution < -0.4 is 0 Å². The molecular weight excluding hydrogens is 227 g/mol. The first-order valence-corrected chi connectivity index (χ1v) is 6.71. The van der Waals surface area contributed by atoms with E-state index >= 15 is 0 Å². The average Bonchev–Trinajstić information content (AvgIpc) is 2.70. The van der Waals surface area contributed by atoms with Gasteiger partial charge < -0.3 is 4.57 Å². The quantitative estimate of drug-likeness (QED) is 0.789. The highest BCUT2D eigenvalue weighted by atomic mass is 19.1. The lowest BCUT2D eigenvalue weighted by Crippen LogP contribution is -2.29. The minimum atomic E-state index is -0.118. The van der Waals surface area contributed by atoms with Crippen LogP contribution in [0.25, 0.3) is 10.9 Å². The van der Waals surface area contributed by atoms with Gasteiger partial charge in [-0.05, 0) is 44.1 Å². The zero-order valence-electron chi connectivity index (χ0n) is 10.8. The molecule has 3 rings (SSSR count). The Labute approximate surface area is 107 Å². The summed E-state index contributed by atoms with van der Waals surface area (Å²) in [5.41, 5.74) is 2.19. The van der Waals surface area contributed by atoms with E-state index in [-0.39, 0.29) is 5.82 Å². The molecule has 0 spiro atoms. The normalized spacial score (nSPS) is 17.4. The third-order valence-corrected chi connectivity index (χ3v) is 3.97. The van der Waals surface area contributed by atoms with Crippen LogP contribution in [-0.4, -0.2) is 22.6 Å². The lowest BCUT2D eigenvalue weighted by molar-refractivity contribution is 0.217. The van der Waals surface area contributed by atoms with Crippen molar-refractivity contribution in [2.75, 3.05) is 13.1 Å². The van der Waals surface area contributed by atoms with Crippen LogP contribution in [0, 0.1) is 5.82 Å². The molecule has 3 heteroatoms. The standard InChI is InChI=1S/C15H19FN2/c1-17-12(11-18-8-3-2-4-9-18)10-13-14(16)6-5-7-15(13)17/h5-7,10H,2-4,8-9,11H2,1H3. The molecule has 1 aliphatic rings. The summed E-state index contributed by atoms with van der Waals surface area (Å²) in [6.07, 6.45) is 3.93. The first kappa shape index (κ1) is 11.7. The molecule has 0 saturated carbocycles. The Morgan fingerprint density at radius 3 is 2.67 bits per heavy atom. The second-order valence-electron chi connectivity index (χ2n) is 5.20. The van der Waals surface area contributed by atoms with E-state index in [1.165, 1.54) is 44.1 Å². The van der Waals surface area contributed by atoms with Crippen molar-refractivity contribution in [2.45, 2.75) is 25.8 Å². The van der Waals surface area contributed by atoms with Gasteiger partial charge in [-0.2, -0.15) is 0 Å². The van der Waals surface area contributed by atoms with Crippen molar-refractivity contribution in [3.05, 3.63) is 35.8 Å². The second kappa shape index (κ2) is 4.73. The smallest absolute Gasteiger partial charge is 0.132 e. The number of nitrogens with zero attached hydrogens (tertiary/aromatic N) is 2. The number of rotatable bonds is 2. The van der Waals surface area contributed by atoms with E-state index in [0.717, 1.165) is 17.4 Å². The lowest BCUT2D eigenvalue weighted by Gasteiger charge is -2.26. The average molecular weight is 246 g/mol. The number of fused-ring (bicyclic) bond motifs is 1. The molecule has 1 aromatic carbocycles. The molecular formula is C15H19FN2. The summed E-state index contributed by atoms with van der Waals surface area (Å²) >= 11 is 0. The van der Waals surface area contributed by atoms with Crippen LogP contribution in [0.1, 0.15) is 25.0 Å². The fourth-order valence-electron chi connectivity index (χ4n) is 2.88. The third kappa shape index (κ3) is 2.03. The third-order valence-electron chi connectivity index (χ3n) is 3.97. The number of aromatic nitrogens is 1. The molecule has 2 heterocycles. The fraction of sp³-hybridized carbons (Fsp3) is 0.467. The summed E-state index contributed by atoms with van der Waals surface area (Å²) in [5, 5.41) is 0.743. The van der Waals surface area contributed by atoms with E-state index in [1.54, 1.807) is 6.07 Å². The van der Waals surface area contributed by atoms with Crippen molar-refractivity contribution in [3.63, 3.8) is 0 Å².